The van der Waals surface area contributed by atoms with Crippen LogP contribution in [-0.2, 0) is 25.4 Å². The van der Waals surface area contributed by atoms with Crippen LogP contribution in [-0.4, -0.2) is 85.1 Å². The molecule has 0 aliphatic carbocycles. The Morgan fingerprint density at radius 3 is 2.40 bits per heavy atom. The lowest BCUT2D eigenvalue weighted by Gasteiger charge is -2.44. The number of rotatable bonds is 7. The summed E-state index contributed by atoms with van der Waals surface area (Å²) in [7, 11) is 0. The predicted molar refractivity (Wildman–Crippen MR) is 145 cm³/mol. The highest BCUT2D eigenvalue weighted by atomic mass is 16.7. The van der Waals surface area contributed by atoms with Crippen molar-refractivity contribution in [2.75, 3.05) is 6.61 Å². The van der Waals surface area contributed by atoms with Crippen molar-refractivity contribution in [3.05, 3.63) is 83.4 Å². The van der Waals surface area contributed by atoms with Gasteiger partial charge in [-0.05, 0) is 29.3 Å². The standard InChI is InChI=1S/C30H30O12/c31-14-24-26(37)27(38)29(42-25(36)9-6-15-4-2-1-3-5-15)30(41-24)40-23-13-18-20(34)11-17(32)12-22(18)39-28(23)16-7-8-19(33)21(35)10-16/h1-12,23-24,26-35,37-38H,13-14H2/b9-6+/t23-,24-,26-,27-,28-,29-,30-/m1/s1. The maximum atomic E-state index is 12.7. The molecule has 222 valence electrons. The Morgan fingerprint density at radius 2 is 1.69 bits per heavy atom. The summed E-state index contributed by atoms with van der Waals surface area (Å²) < 4.78 is 23.4. The first kappa shape index (κ1) is 29.2. The van der Waals surface area contributed by atoms with Crippen molar-refractivity contribution in [1.82, 2.24) is 0 Å². The lowest BCUT2D eigenvalue weighted by Crippen LogP contribution is -2.61. The molecule has 0 bridgehead atoms. The Balaban J connectivity index is 1.45. The molecular formula is C30H30O12. The van der Waals surface area contributed by atoms with Crippen LogP contribution in [0.15, 0.2) is 66.7 Å². The maximum Gasteiger partial charge on any atom is 0.331 e. The van der Waals surface area contributed by atoms with Crippen LogP contribution in [0.25, 0.3) is 6.08 Å². The third-order valence-electron chi connectivity index (χ3n) is 7.09. The van der Waals surface area contributed by atoms with E-state index in [2.05, 4.69) is 0 Å². The number of hydrogen-bond acceptors (Lipinski definition) is 12. The number of carbonyl (C=O) groups is 1. The van der Waals surface area contributed by atoms with Gasteiger partial charge in [-0.25, -0.2) is 4.79 Å². The van der Waals surface area contributed by atoms with Crippen molar-refractivity contribution in [2.24, 2.45) is 0 Å². The van der Waals surface area contributed by atoms with Crippen LogP contribution < -0.4 is 4.74 Å². The highest BCUT2D eigenvalue weighted by Crippen LogP contribution is 2.44. The third-order valence-corrected chi connectivity index (χ3v) is 7.09. The average Bonchev–Trinajstić information content (AvgIpc) is 2.97. The Bertz CT molecular complexity index is 1440. The number of aromatic hydroxyl groups is 4. The molecule has 2 aliphatic rings. The number of phenols is 4. The third kappa shape index (κ3) is 6.12. The molecule has 1 fully saturated rings. The smallest absolute Gasteiger partial charge is 0.331 e. The first-order valence-corrected chi connectivity index (χ1v) is 13.1. The van der Waals surface area contributed by atoms with Gasteiger partial charge in [0.05, 0.1) is 6.61 Å². The molecule has 0 aromatic heterocycles. The number of esters is 1. The molecule has 0 amide bonds. The maximum absolute atomic E-state index is 12.7. The van der Waals surface area contributed by atoms with Crippen molar-refractivity contribution >= 4 is 12.0 Å². The Morgan fingerprint density at radius 1 is 0.929 bits per heavy atom. The fraction of sp³-hybridized carbons (Fsp3) is 0.300. The molecule has 2 heterocycles. The monoisotopic (exact) mass is 582 g/mol. The zero-order valence-electron chi connectivity index (χ0n) is 22.1. The number of ether oxygens (including phenoxy) is 4. The molecule has 3 aromatic rings. The Hall–Kier alpha value is -4.33. The first-order valence-electron chi connectivity index (χ1n) is 13.1. The zero-order valence-corrected chi connectivity index (χ0v) is 22.1. The van der Waals surface area contributed by atoms with Gasteiger partial charge in [0.2, 0.25) is 0 Å². The van der Waals surface area contributed by atoms with Gasteiger partial charge in [0, 0.05) is 30.2 Å². The molecule has 12 nitrogen and oxygen atoms in total. The van der Waals surface area contributed by atoms with Crippen LogP contribution in [0.5, 0.6) is 28.7 Å². The number of fused-ring (bicyclic) bond motifs is 1. The van der Waals surface area contributed by atoms with Crippen LogP contribution in [0.1, 0.15) is 22.8 Å². The second-order valence-electron chi connectivity index (χ2n) is 9.96. The van der Waals surface area contributed by atoms with E-state index >= 15 is 0 Å². The highest BCUT2D eigenvalue weighted by Gasteiger charge is 2.49. The molecule has 1 saturated heterocycles. The molecule has 7 N–H and O–H groups in total. The molecule has 5 rings (SSSR count). The molecule has 12 heteroatoms. The quantitative estimate of drug-likeness (QED) is 0.121. The van der Waals surface area contributed by atoms with E-state index < -0.39 is 61.2 Å². The van der Waals surface area contributed by atoms with Crippen molar-refractivity contribution in [3.8, 4) is 28.7 Å². The second kappa shape index (κ2) is 12.3. The van der Waals surface area contributed by atoms with Gasteiger partial charge in [-0.15, -0.1) is 0 Å². The number of carbonyl (C=O) groups excluding carboxylic acids is 1. The molecule has 0 radical (unpaired) electrons. The van der Waals surface area contributed by atoms with E-state index in [4.69, 9.17) is 18.9 Å². The summed E-state index contributed by atoms with van der Waals surface area (Å²) in [6.07, 6.45) is -7.18. The van der Waals surface area contributed by atoms with E-state index in [1.165, 1.54) is 30.3 Å². The van der Waals surface area contributed by atoms with Crippen molar-refractivity contribution in [1.29, 1.82) is 0 Å². The first-order chi connectivity index (χ1) is 20.1. The minimum atomic E-state index is -1.71. The lowest BCUT2D eigenvalue weighted by atomic mass is 9.93. The number of hydrogen-bond donors (Lipinski definition) is 7. The van der Waals surface area contributed by atoms with Gasteiger partial charge in [-0.2, -0.15) is 0 Å². The van der Waals surface area contributed by atoms with Gasteiger partial charge in [0.1, 0.15) is 41.7 Å². The van der Waals surface area contributed by atoms with Crippen LogP contribution in [0.2, 0.25) is 0 Å². The molecule has 42 heavy (non-hydrogen) atoms. The fourth-order valence-corrected chi connectivity index (χ4v) is 4.93. The minimum Gasteiger partial charge on any atom is -0.508 e. The minimum absolute atomic E-state index is 0.0371. The van der Waals surface area contributed by atoms with E-state index in [1.54, 1.807) is 24.3 Å². The van der Waals surface area contributed by atoms with E-state index in [-0.39, 0.29) is 35.0 Å². The normalized spacial score (nSPS) is 27.3. The van der Waals surface area contributed by atoms with E-state index in [0.717, 1.165) is 12.1 Å². The van der Waals surface area contributed by atoms with Gasteiger partial charge < -0.3 is 54.7 Å². The number of benzene rings is 3. The molecule has 3 aromatic carbocycles. The van der Waals surface area contributed by atoms with E-state index in [1.807, 2.05) is 6.07 Å². The molecule has 0 spiro atoms. The van der Waals surface area contributed by atoms with Crippen molar-refractivity contribution < 1.29 is 59.5 Å². The van der Waals surface area contributed by atoms with E-state index in [9.17, 15) is 40.5 Å². The van der Waals surface area contributed by atoms with Gasteiger partial charge in [-0.1, -0.05) is 36.4 Å². The van der Waals surface area contributed by atoms with Crippen LogP contribution in [0.4, 0.5) is 0 Å². The second-order valence-corrected chi connectivity index (χ2v) is 9.96. The average molecular weight is 583 g/mol. The van der Waals surface area contributed by atoms with Crippen molar-refractivity contribution in [2.45, 2.75) is 49.3 Å². The largest absolute Gasteiger partial charge is 0.508 e. The summed E-state index contributed by atoms with van der Waals surface area (Å²) >= 11 is 0. The summed E-state index contributed by atoms with van der Waals surface area (Å²) in [5.74, 6) is -2.10. The highest BCUT2D eigenvalue weighted by molar-refractivity contribution is 5.87. The summed E-state index contributed by atoms with van der Waals surface area (Å²) in [5, 5.41) is 71.5. The molecule has 0 saturated carbocycles. The van der Waals surface area contributed by atoms with Crippen LogP contribution >= 0.6 is 0 Å². The van der Waals surface area contributed by atoms with Gasteiger partial charge in [0.25, 0.3) is 0 Å². The Kier molecular flexibility index (Phi) is 8.52. The van der Waals surface area contributed by atoms with E-state index in [0.29, 0.717) is 11.1 Å². The number of aliphatic hydroxyl groups excluding tert-OH is 3. The lowest BCUT2D eigenvalue weighted by molar-refractivity contribution is -0.318. The molecular weight excluding hydrogens is 552 g/mol. The SMILES string of the molecule is O=C(/C=C/c1ccccc1)O[C@H]1[C@H](O[C@@H]2Cc3c(O)cc(O)cc3O[C@@H]2c2ccc(O)c(O)c2)O[C@H](CO)[C@@H](O)[C@H]1O. The van der Waals surface area contributed by atoms with Gasteiger partial charge in [-0.3, -0.25) is 0 Å². The summed E-state index contributed by atoms with van der Waals surface area (Å²) in [6.45, 7) is -0.689. The summed E-state index contributed by atoms with van der Waals surface area (Å²) in [4.78, 5) is 12.7. The van der Waals surface area contributed by atoms with Gasteiger partial charge >= 0.3 is 5.97 Å². The van der Waals surface area contributed by atoms with Gasteiger partial charge in [0.15, 0.2) is 30.0 Å². The molecule has 2 aliphatic heterocycles. The predicted octanol–water partition coefficient (Wildman–Crippen LogP) is 1.63. The number of aliphatic hydroxyl groups is 3. The van der Waals surface area contributed by atoms with Crippen LogP contribution in [0, 0.1) is 0 Å². The summed E-state index contributed by atoms with van der Waals surface area (Å²) in [6, 6.07) is 15.3. The molecule has 0 unspecified atom stereocenters. The topological polar surface area (TPSA) is 196 Å². The fourth-order valence-electron chi connectivity index (χ4n) is 4.93. The zero-order chi connectivity index (χ0) is 30.0. The van der Waals surface area contributed by atoms with Crippen molar-refractivity contribution in [3.63, 3.8) is 0 Å². The number of phenolic OH excluding ortho intramolecular Hbond substituents is 4. The Labute approximate surface area is 239 Å². The van der Waals surface area contributed by atoms with Crippen LogP contribution in [0.3, 0.4) is 0 Å². The molecule has 7 atom stereocenters. The summed E-state index contributed by atoms with van der Waals surface area (Å²) in [5.41, 5.74) is 1.32.